The van der Waals surface area contributed by atoms with Crippen molar-refractivity contribution in [3.8, 4) is 5.75 Å². The molecule has 0 saturated heterocycles. The Morgan fingerprint density at radius 3 is 2.61 bits per heavy atom. The van der Waals surface area contributed by atoms with Crippen molar-refractivity contribution in [2.75, 3.05) is 5.32 Å². The van der Waals surface area contributed by atoms with Crippen molar-refractivity contribution in [2.24, 2.45) is 0 Å². The van der Waals surface area contributed by atoms with Gasteiger partial charge in [0.1, 0.15) is 5.75 Å². The normalized spacial score (nSPS) is 12.4. The molecule has 3 rings (SSSR count). The first-order valence-electron chi connectivity index (χ1n) is 9.50. The Labute approximate surface area is 169 Å². The number of aromatic nitrogens is 1. The molecule has 2 aromatic carbocycles. The van der Waals surface area contributed by atoms with Crippen LogP contribution in [0, 0.1) is 13.8 Å². The first kappa shape index (κ1) is 20.1. The SMILES string of the molecule is CC[C@H](Oc1cc(C)ccc1C)C(=O)Nc1ccc2c(c1)sc(=O)n2C(C)C. The van der Waals surface area contributed by atoms with Crippen LogP contribution < -0.4 is 14.9 Å². The summed E-state index contributed by atoms with van der Waals surface area (Å²) in [5.41, 5.74) is 3.64. The van der Waals surface area contributed by atoms with Gasteiger partial charge in [0.15, 0.2) is 6.10 Å². The molecule has 0 unspecified atom stereocenters. The first-order valence-corrected chi connectivity index (χ1v) is 10.3. The fourth-order valence-corrected chi connectivity index (χ4v) is 4.19. The van der Waals surface area contributed by atoms with Crippen LogP contribution in [0.25, 0.3) is 10.2 Å². The average molecular weight is 399 g/mol. The number of carbonyl (C=O) groups excluding carboxylic acids is 1. The topological polar surface area (TPSA) is 60.3 Å². The number of thiazole rings is 1. The molecule has 0 bridgehead atoms. The van der Waals surface area contributed by atoms with Crippen molar-refractivity contribution in [3.63, 3.8) is 0 Å². The van der Waals surface area contributed by atoms with Crippen molar-refractivity contribution >= 4 is 33.1 Å². The van der Waals surface area contributed by atoms with Crippen LogP contribution in [0.1, 0.15) is 44.4 Å². The Balaban J connectivity index is 1.80. The molecule has 1 atom stereocenters. The number of nitrogens with zero attached hydrogens (tertiary/aromatic N) is 1. The smallest absolute Gasteiger partial charge is 0.308 e. The predicted octanol–water partition coefficient (Wildman–Crippen LogP) is 5.06. The van der Waals surface area contributed by atoms with E-state index in [2.05, 4.69) is 5.32 Å². The molecule has 1 N–H and O–H groups in total. The standard InChI is InChI=1S/C22H26N2O3S/c1-6-18(27-19-11-14(4)7-8-15(19)5)21(25)23-16-9-10-17-20(12-16)28-22(26)24(17)13(2)3/h7-13,18H,6H2,1-5H3,(H,23,25)/t18-/m0/s1. The second-order valence-corrected chi connectivity index (χ2v) is 8.28. The van der Waals surface area contributed by atoms with Gasteiger partial charge in [0.05, 0.1) is 10.2 Å². The van der Waals surface area contributed by atoms with E-state index < -0.39 is 6.10 Å². The van der Waals surface area contributed by atoms with Crippen molar-refractivity contribution in [3.05, 3.63) is 57.2 Å². The van der Waals surface area contributed by atoms with E-state index in [1.165, 1.54) is 11.3 Å². The largest absolute Gasteiger partial charge is 0.480 e. The van der Waals surface area contributed by atoms with Crippen molar-refractivity contribution < 1.29 is 9.53 Å². The number of nitrogens with one attached hydrogen (secondary N) is 1. The maximum absolute atomic E-state index is 12.8. The second-order valence-electron chi connectivity index (χ2n) is 7.29. The summed E-state index contributed by atoms with van der Waals surface area (Å²) in [6.45, 7) is 9.86. The van der Waals surface area contributed by atoms with Gasteiger partial charge in [-0.3, -0.25) is 14.2 Å². The molecule has 0 radical (unpaired) electrons. The number of ether oxygens (including phenoxy) is 1. The third-order valence-corrected chi connectivity index (χ3v) is 5.59. The second kappa shape index (κ2) is 8.19. The number of hydrogen-bond acceptors (Lipinski definition) is 4. The van der Waals surface area contributed by atoms with Crippen LogP contribution in [0.4, 0.5) is 5.69 Å². The lowest BCUT2D eigenvalue weighted by Gasteiger charge is -2.19. The molecule has 1 aromatic heterocycles. The summed E-state index contributed by atoms with van der Waals surface area (Å²) >= 11 is 1.19. The highest BCUT2D eigenvalue weighted by Gasteiger charge is 2.20. The molecule has 0 saturated carbocycles. The summed E-state index contributed by atoms with van der Waals surface area (Å²) in [4.78, 5) is 25.0. The van der Waals surface area contributed by atoms with E-state index in [9.17, 15) is 9.59 Å². The van der Waals surface area contributed by atoms with E-state index in [4.69, 9.17) is 4.74 Å². The number of anilines is 1. The van der Waals surface area contributed by atoms with Gasteiger partial charge in [0.25, 0.3) is 5.91 Å². The van der Waals surface area contributed by atoms with Gasteiger partial charge in [-0.15, -0.1) is 0 Å². The number of benzene rings is 2. The highest BCUT2D eigenvalue weighted by atomic mass is 32.1. The molecule has 148 valence electrons. The summed E-state index contributed by atoms with van der Waals surface area (Å²) in [6.07, 6.45) is -0.0337. The molecule has 0 aliphatic rings. The number of rotatable bonds is 6. The molecule has 3 aromatic rings. The third-order valence-electron chi connectivity index (χ3n) is 4.67. The predicted molar refractivity (Wildman–Crippen MR) is 116 cm³/mol. The Morgan fingerprint density at radius 1 is 1.18 bits per heavy atom. The minimum atomic E-state index is -0.588. The average Bonchev–Trinajstić information content (AvgIpc) is 2.97. The lowest BCUT2D eigenvalue weighted by Crippen LogP contribution is -2.32. The minimum Gasteiger partial charge on any atom is -0.480 e. The fourth-order valence-electron chi connectivity index (χ4n) is 3.14. The monoisotopic (exact) mass is 398 g/mol. The van der Waals surface area contributed by atoms with E-state index >= 15 is 0 Å². The van der Waals surface area contributed by atoms with Crippen molar-refractivity contribution in [2.45, 2.75) is 53.2 Å². The Bertz CT molecular complexity index is 1070. The number of fused-ring (bicyclic) bond motifs is 1. The van der Waals surface area contributed by atoms with Crippen LogP contribution in [0.5, 0.6) is 5.75 Å². The van der Waals surface area contributed by atoms with Crippen LogP contribution in [0.3, 0.4) is 0 Å². The highest BCUT2D eigenvalue weighted by Crippen LogP contribution is 2.25. The number of aryl methyl sites for hydroxylation is 2. The quantitative estimate of drug-likeness (QED) is 0.631. The zero-order valence-corrected chi connectivity index (χ0v) is 17.7. The van der Waals surface area contributed by atoms with Gasteiger partial charge >= 0.3 is 4.87 Å². The highest BCUT2D eigenvalue weighted by molar-refractivity contribution is 7.16. The van der Waals surface area contributed by atoms with E-state index in [-0.39, 0.29) is 16.8 Å². The Hall–Kier alpha value is -2.60. The van der Waals surface area contributed by atoms with Crippen LogP contribution >= 0.6 is 11.3 Å². The molecular formula is C22H26N2O3S. The zero-order chi connectivity index (χ0) is 20.4. The number of amides is 1. The Morgan fingerprint density at radius 2 is 1.93 bits per heavy atom. The third kappa shape index (κ3) is 4.12. The molecular weight excluding hydrogens is 372 g/mol. The summed E-state index contributed by atoms with van der Waals surface area (Å²) in [7, 11) is 0. The molecule has 1 amide bonds. The molecule has 0 aliphatic carbocycles. The fraction of sp³-hybridized carbons (Fsp3) is 0.364. The van der Waals surface area contributed by atoms with E-state index in [1.807, 2.05) is 71.0 Å². The first-order chi connectivity index (χ1) is 13.3. The molecule has 1 heterocycles. The summed E-state index contributed by atoms with van der Waals surface area (Å²) in [6, 6.07) is 11.6. The van der Waals surface area contributed by atoms with Crippen molar-refractivity contribution in [1.29, 1.82) is 0 Å². The molecule has 6 heteroatoms. The lowest BCUT2D eigenvalue weighted by atomic mass is 10.1. The van der Waals surface area contributed by atoms with Gasteiger partial charge in [0.2, 0.25) is 0 Å². The zero-order valence-electron chi connectivity index (χ0n) is 16.9. The van der Waals surface area contributed by atoms with Crippen LogP contribution in [0.15, 0.2) is 41.2 Å². The van der Waals surface area contributed by atoms with Crippen LogP contribution in [0.2, 0.25) is 0 Å². The van der Waals surface area contributed by atoms with Gasteiger partial charge in [-0.05, 0) is 69.5 Å². The molecule has 28 heavy (non-hydrogen) atoms. The minimum absolute atomic E-state index is 0.0122. The maximum Gasteiger partial charge on any atom is 0.308 e. The lowest BCUT2D eigenvalue weighted by molar-refractivity contribution is -0.122. The van der Waals surface area contributed by atoms with E-state index in [0.717, 1.165) is 27.1 Å². The van der Waals surface area contributed by atoms with Gasteiger partial charge in [-0.25, -0.2) is 0 Å². The number of hydrogen-bond donors (Lipinski definition) is 1. The van der Waals surface area contributed by atoms with E-state index in [0.29, 0.717) is 12.1 Å². The molecule has 5 nitrogen and oxygen atoms in total. The van der Waals surface area contributed by atoms with Gasteiger partial charge in [-0.1, -0.05) is 30.4 Å². The van der Waals surface area contributed by atoms with Gasteiger partial charge < -0.3 is 10.1 Å². The van der Waals surface area contributed by atoms with Crippen LogP contribution in [-0.2, 0) is 4.79 Å². The maximum atomic E-state index is 12.8. The van der Waals surface area contributed by atoms with E-state index in [1.54, 1.807) is 4.57 Å². The molecule has 0 fully saturated rings. The van der Waals surface area contributed by atoms with Gasteiger partial charge in [-0.2, -0.15) is 0 Å². The summed E-state index contributed by atoms with van der Waals surface area (Å²) in [5, 5.41) is 2.93. The molecule has 0 aliphatic heterocycles. The van der Waals surface area contributed by atoms with Gasteiger partial charge in [0, 0.05) is 11.7 Å². The summed E-state index contributed by atoms with van der Waals surface area (Å²) < 4.78 is 8.62. The Kier molecular flexibility index (Phi) is 5.89. The summed E-state index contributed by atoms with van der Waals surface area (Å²) in [5.74, 6) is 0.531. The molecule has 0 spiro atoms. The van der Waals surface area contributed by atoms with Crippen molar-refractivity contribution in [1.82, 2.24) is 4.57 Å². The number of carbonyl (C=O) groups is 1. The van der Waals surface area contributed by atoms with Crippen LogP contribution in [-0.4, -0.2) is 16.6 Å².